The maximum atomic E-state index is 12.8. The fourth-order valence-electron chi connectivity index (χ4n) is 7.37. The van der Waals surface area contributed by atoms with Crippen LogP contribution >= 0.6 is 7.82 Å². The number of phosphoric acid groups is 1. The largest absolute Gasteiger partial charge is 0.472 e. The van der Waals surface area contributed by atoms with Gasteiger partial charge in [-0.1, -0.05) is 232 Å². The first-order valence-corrected chi connectivity index (χ1v) is 25.1. The van der Waals surface area contributed by atoms with E-state index in [9.17, 15) is 19.4 Å². The monoisotopic (exact) mass is 789 g/mol. The Morgan fingerprint density at radius 3 is 1.19 bits per heavy atom. The van der Waals surface area contributed by atoms with Gasteiger partial charge in [0.05, 0.1) is 25.4 Å². The van der Waals surface area contributed by atoms with Gasteiger partial charge in [0.2, 0.25) is 5.91 Å². The average Bonchev–Trinajstić information content (AvgIpc) is 3.16. The molecule has 0 saturated carbocycles. The number of carbonyl (C=O) groups excluding carboxylic acids is 1. The van der Waals surface area contributed by atoms with Crippen LogP contribution < -0.4 is 11.1 Å². The molecule has 54 heavy (non-hydrogen) atoms. The summed E-state index contributed by atoms with van der Waals surface area (Å²) in [5.41, 5.74) is 5.39. The first-order chi connectivity index (χ1) is 26.4. The molecule has 0 rings (SSSR count). The summed E-state index contributed by atoms with van der Waals surface area (Å²) >= 11 is 0. The summed E-state index contributed by atoms with van der Waals surface area (Å²) in [6.45, 7) is 4.25. The van der Waals surface area contributed by atoms with Crippen molar-refractivity contribution in [2.75, 3.05) is 19.8 Å². The summed E-state index contributed by atoms with van der Waals surface area (Å²) in [4.78, 5) is 22.8. The molecule has 0 aliphatic heterocycles. The zero-order valence-electron chi connectivity index (χ0n) is 36.0. The lowest BCUT2D eigenvalue weighted by atomic mass is 10.0. The quantitative estimate of drug-likeness (QED) is 0.0357. The van der Waals surface area contributed by atoms with Gasteiger partial charge < -0.3 is 21.1 Å². The van der Waals surface area contributed by atoms with Crippen LogP contribution in [0.4, 0.5) is 0 Å². The Morgan fingerprint density at radius 1 is 0.537 bits per heavy atom. The van der Waals surface area contributed by atoms with E-state index >= 15 is 0 Å². The van der Waals surface area contributed by atoms with E-state index in [4.69, 9.17) is 14.8 Å². The molecular formula is C45H93N2O6P. The molecule has 0 radical (unpaired) electrons. The van der Waals surface area contributed by atoms with Crippen molar-refractivity contribution in [2.24, 2.45) is 5.73 Å². The Hall–Kier alpha value is -0.500. The molecule has 3 unspecified atom stereocenters. The fraction of sp³-hybridized carbons (Fsp3) is 0.978. The fourth-order valence-corrected chi connectivity index (χ4v) is 8.13. The van der Waals surface area contributed by atoms with Crippen molar-refractivity contribution in [3.63, 3.8) is 0 Å². The van der Waals surface area contributed by atoms with E-state index in [2.05, 4.69) is 19.2 Å². The first-order valence-electron chi connectivity index (χ1n) is 23.7. The van der Waals surface area contributed by atoms with Crippen molar-refractivity contribution in [3.05, 3.63) is 0 Å². The third kappa shape index (κ3) is 39.7. The van der Waals surface area contributed by atoms with Gasteiger partial charge in [0.1, 0.15) is 0 Å². The first kappa shape index (κ1) is 53.5. The van der Waals surface area contributed by atoms with Crippen LogP contribution in [0.1, 0.15) is 251 Å². The summed E-state index contributed by atoms with van der Waals surface area (Å²) in [7, 11) is -4.31. The van der Waals surface area contributed by atoms with Gasteiger partial charge in [-0.3, -0.25) is 13.8 Å². The van der Waals surface area contributed by atoms with Crippen molar-refractivity contribution in [2.45, 2.75) is 264 Å². The number of unbranched alkanes of at least 4 members (excludes halogenated alkanes) is 33. The minimum absolute atomic E-state index is 0.0927. The number of rotatable bonds is 45. The summed E-state index contributed by atoms with van der Waals surface area (Å²) < 4.78 is 22.2. The minimum Gasteiger partial charge on any atom is -0.391 e. The molecule has 0 fully saturated rings. The molecule has 1 amide bonds. The van der Waals surface area contributed by atoms with Crippen molar-refractivity contribution in [3.8, 4) is 0 Å². The van der Waals surface area contributed by atoms with Crippen LogP contribution in [0.3, 0.4) is 0 Å². The van der Waals surface area contributed by atoms with Gasteiger partial charge in [-0.15, -0.1) is 0 Å². The highest BCUT2D eigenvalue weighted by Crippen LogP contribution is 2.43. The highest BCUT2D eigenvalue weighted by Gasteiger charge is 2.27. The molecule has 0 aliphatic rings. The van der Waals surface area contributed by atoms with E-state index in [0.717, 1.165) is 38.5 Å². The van der Waals surface area contributed by atoms with E-state index in [1.165, 1.54) is 186 Å². The third-order valence-electron chi connectivity index (χ3n) is 11.0. The number of hydrogen-bond donors (Lipinski definition) is 4. The minimum atomic E-state index is -4.31. The Balaban J connectivity index is 4.07. The van der Waals surface area contributed by atoms with E-state index in [0.29, 0.717) is 12.8 Å². The van der Waals surface area contributed by atoms with E-state index < -0.39 is 20.0 Å². The number of aliphatic hydroxyl groups is 1. The van der Waals surface area contributed by atoms with Gasteiger partial charge >= 0.3 is 7.82 Å². The highest BCUT2D eigenvalue weighted by molar-refractivity contribution is 7.47. The smallest absolute Gasteiger partial charge is 0.391 e. The molecule has 0 bridgehead atoms. The van der Waals surface area contributed by atoms with Crippen molar-refractivity contribution >= 4 is 13.7 Å². The summed E-state index contributed by atoms with van der Waals surface area (Å²) in [6.07, 6.45) is 45.4. The molecule has 3 atom stereocenters. The second kappa shape index (κ2) is 42.1. The van der Waals surface area contributed by atoms with Gasteiger partial charge in [0, 0.05) is 13.0 Å². The molecule has 0 aromatic carbocycles. The molecule has 0 saturated heterocycles. The van der Waals surface area contributed by atoms with E-state index in [1.807, 2.05) is 0 Å². The lowest BCUT2D eigenvalue weighted by Crippen LogP contribution is -2.46. The van der Waals surface area contributed by atoms with Crippen LogP contribution in [0.5, 0.6) is 0 Å². The Morgan fingerprint density at radius 2 is 0.852 bits per heavy atom. The number of aliphatic hydroxyl groups excluding tert-OH is 1. The number of hydrogen-bond acceptors (Lipinski definition) is 6. The molecule has 5 N–H and O–H groups in total. The number of amides is 1. The SMILES string of the molecule is CCCCCCCCCCCCCCCCCCCCC(=O)NC(COP(=O)(O)OCCN)C(O)CCCCCCCCCCCCCCCCCCC. The van der Waals surface area contributed by atoms with Crippen molar-refractivity contribution < 1.29 is 28.4 Å². The molecule has 0 aliphatic carbocycles. The standard InChI is InChI=1S/C45H93N2O6P/c1-3-5-7-9-11-13-15-17-19-21-23-25-27-29-31-33-35-37-39-45(49)47-43(42-53-54(50,51)52-41-40-46)44(48)38-36-34-32-30-28-26-24-22-20-18-16-14-12-10-8-6-4-2/h43-44,48H,3-42,46H2,1-2H3,(H,47,49)(H,50,51). The van der Waals surface area contributed by atoms with Crippen LogP contribution in [-0.4, -0.2) is 47.8 Å². The summed E-state index contributed by atoms with van der Waals surface area (Å²) in [5, 5.41) is 13.8. The van der Waals surface area contributed by atoms with Gasteiger partial charge in [0.25, 0.3) is 0 Å². The van der Waals surface area contributed by atoms with Gasteiger partial charge in [0.15, 0.2) is 0 Å². The molecule has 0 aromatic rings. The molecule has 0 aromatic heterocycles. The summed E-state index contributed by atoms with van der Waals surface area (Å²) in [5.74, 6) is -0.155. The molecule has 0 heterocycles. The predicted molar refractivity (Wildman–Crippen MR) is 231 cm³/mol. The van der Waals surface area contributed by atoms with Crippen molar-refractivity contribution in [1.29, 1.82) is 0 Å². The topological polar surface area (TPSA) is 131 Å². The van der Waals surface area contributed by atoms with Crippen LogP contribution in [0.2, 0.25) is 0 Å². The normalized spacial score (nSPS) is 13.9. The number of carbonyl (C=O) groups is 1. The number of phosphoric ester groups is 1. The maximum absolute atomic E-state index is 12.8. The van der Waals surface area contributed by atoms with E-state index in [-0.39, 0.29) is 25.7 Å². The third-order valence-corrected chi connectivity index (χ3v) is 11.9. The van der Waals surface area contributed by atoms with Crippen LogP contribution in [-0.2, 0) is 18.4 Å². The van der Waals surface area contributed by atoms with E-state index in [1.54, 1.807) is 0 Å². The lowest BCUT2D eigenvalue weighted by Gasteiger charge is -2.25. The van der Waals surface area contributed by atoms with Crippen molar-refractivity contribution in [1.82, 2.24) is 5.32 Å². The Labute approximate surface area is 335 Å². The molecule has 9 heteroatoms. The molecule has 0 spiro atoms. The molecule has 8 nitrogen and oxygen atoms in total. The Kier molecular flexibility index (Phi) is 41.7. The number of nitrogens with one attached hydrogen (secondary N) is 1. The predicted octanol–water partition coefficient (Wildman–Crippen LogP) is 13.4. The maximum Gasteiger partial charge on any atom is 0.472 e. The van der Waals surface area contributed by atoms with Gasteiger partial charge in [-0.2, -0.15) is 0 Å². The zero-order chi connectivity index (χ0) is 39.6. The zero-order valence-corrected chi connectivity index (χ0v) is 36.9. The second-order valence-electron chi connectivity index (χ2n) is 16.3. The van der Waals surface area contributed by atoms with Crippen LogP contribution in [0.15, 0.2) is 0 Å². The number of nitrogens with two attached hydrogens (primary N) is 1. The van der Waals surface area contributed by atoms with Gasteiger partial charge in [-0.05, 0) is 12.8 Å². The molecular weight excluding hydrogens is 695 g/mol. The van der Waals surface area contributed by atoms with Crippen LogP contribution in [0, 0.1) is 0 Å². The second-order valence-corrected chi connectivity index (χ2v) is 17.8. The highest BCUT2D eigenvalue weighted by atomic mass is 31.2. The lowest BCUT2D eigenvalue weighted by molar-refractivity contribution is -0.123. The molecule has 324 valence electrons. The summed E-state index contributed by atoms with van der Waals surface area (Å²) in [6, 6.07) is -0.768. The average molecular weight is 789 g/mol. The van der Waals surface area contributed by atoms with Gasteiger partial charge in [-0.25, -0.2) is 4.57 Å². The van der Waals surface area contributed by atoms with Crippen LogP contribution in [0.25, 0.3) is 0 Å². The Bertz CT molecular complexity index is 819.